The van der Waals surface area contributed by atoms with Gasteiger partial charge < -0.3 is 9.76 Å². The smallest absolute Gasteiger partial charge is 0.309 e. The summed E-state index contributed by atoms with van der Waals surface area (Å²) in [5, 5.41) is 10.3. The molecule has 0 spiro atoms. The van der Waals surface area contributed by atoms with Crippen LogP contribution in [0.2, 0.25) is 0 Å². The lowest BCUT2D eigenvalue weighted by Gasteiger charge is -2.37. The standard InChI is InChI=1S/C21H27BO2/c1-19(2)17-10-8-7-9-15(17)16-13-14(11-12-18(16)19)22-24-21(5,6)20(3,4)23/h7-13,22-23H,1-6H3. The second-order valence-corrected chi connectivity index (χ2v) is 8.41. The normalized spacial score (nSPS) is 15.8. The van der Waals surface area contributed by atoms with Gasteiger partial charge in [-0.2, -0.15) is 0 Å². The molecule has 0 fully saturated rings. The zero-order chi connectivity index (χ0) is 17.8. The van der Waals surface area contributed by atoms with E-state index < -0.39 is 11.2 Å². The highest BCUT2D eigenvalue weighted by Crippen LogP contribution is 2.47. The summed E-state index contributed by atoms with van der Waals surface area (Å²) in [6.45, 7) is 12.0. The van der Waals surface area contributed by atoms with Crippen molar-refractivity contribution in [1.82, 2.24) is 0 Å². The first kappa shape index (κ1) is 17.3. The van der Waals surface area contributed by atoms with Crippen LogP contribution in [0.3, 0.4) is 0 Å². The van der Waals surface area contributed by atoms with Gasteiger partial charge in [-0.05, 0) is 49.9 Å². The van der Waals surface area contributed by atoms with Crippen molar-refractivity contribution in [2.75, 3.05) is 0 Å². The number of fused-ring (bicyclic) bond motifs is 3. The van der Waals surface area contributed by atoms with Gasteiger partial charge in [-0.25, -0.2) is 0 Å². The fraction of sp³-hybridized carbons (Fsp3) is 0.429. The molecule has 0 aromatic heterocycles. The van der Waals surface area contributed by atoms with Crippen LogP contribution in [-0.4, -0.2) is 23.8 Å². The van der Waals surface area contributed by atoms with E-state index in [9.17, 15) is 5.11 Å². The molecule has 24 heavy (non-hydrogen) atoms. The SMILES string of the molecule is CC1(C)c2ccccc2-c2cc(BOC(C)(C)C(C)(C)O)ccc21. The van der Waals surface area contributed by atoms with Crippen molar-refractivity contribution in [2.45, 2.75) is 58.2 Å². The molecule has 1 N–H and O–H groups in total. The van der Waals surface area contributed by atoms with Crippen LogP contribution in [0.1, 0.15) is 52.7 Å². The minimum atomic E-state index is -0.891. The van der Waals surface area contributed by atoms with E-state index in [1.54, 1.807) is 13.8 Å². The highest BCUT2D eigenvalue weighted by molar-refractivity contribution is 6.47. The third-order valence-electron chi connectivity index (χ3n) is 5.72. The molecule has 0 aliphatic heterocycles. The van der Waals surface area contributed by atoms with Crippen LogP contribution in [0.15, 0.2) is 42.5 Å². The molecule has 2 aromatic rings. The number of benzene rings is 2. The third kappa shape index (κ3) is 2.70. The monoisotopic (exact) mass is 322 g/mol. The molecule has 1 aliphatic carbocycles. The van der Waals surface area contributed by atoms with E-state index in [1.165, 1.54) is 22.3 Å². The quantitative estimate of drug-likeness (QED) is 0.873. The zero-order valence-electron chi connectivity index (χ0n) is 15.6. The van der Waals surface area contributed by atoms with Crippen LogP contribution in [0.25, 0.3) is 11.1 Å². The topological polar surface area (TPSA) is 29.5 Å². The maximum atomic E-state index is 10.3. The molecule has 2 nitrogen and oxygen atoms in total. The maximum Gasteiger partial charge on any atom is 0.309 e. The van der Waals surface area contributed by atoms with E-state index in [-0.39, 0.29) is 5.41 Å². The Balaban J connectivity index is 1.92. The molecule has 0 saturated heterocycles. The highest BCUT2D eigenvalue weighted by Gasteiger charge is 2.37. The van der Waals surface area contributed by atoms with Crippen molar-refractivity contribution < 1.29 is 9.76 Å². The summed E-state index contributed by atoms with van der Waals surface area (Å²) in [5.74, 6) is 0. The second-order valence-electron chi connectivity index (χ2n) is 8.41. The molecule has 0 amide bonds. The Morgan fingerprint density at radius 3 is 2.21 bits per heavy atom. The molecule has 126 valence electrons. The molecule has 0 heterocycles. The van der Waals surface area contributed by atoms with Gasteiger partial charge in [0.2, 0.25) is 0 Å². The fourth-order valence-corrected chi connectivity index (χ4v) is 3.30. The van der Waals surface area contributed by atoms with E-state index >= 15 is 0 Å². The van der Waals surface area contributed by atoms with Crippen LogP contribution in [-0.2, 0) is 10.1 Å². The predicted molar refractivity (Wildman–Crippen MR) is 102 cm³/mol. The maximum absolute atomic E-state index is 10.3. The van der Waals surface area contributed by atoms with E-state index in [1.807, 2.05) is 13.8 Å². The molecule has 0 bridgehead atoms. The first-order valence-electron chi connectivity index (χ1n) is 8.64. The molecular weight excluding hydrogens is 295 g/mol. The zero-order valence-corrected chi connectivity index (χ0v) is 15.6. The summed E-state index contributed by atoms with van der Waals surface area (Å²) in [5.41, 5.74) is 5.06. The number of rotatable bonds is 4. The summed E-state index contributed by atoms with van der Waals surface area (Å²) in [4.78, 5) is 0. The minimum absolute atomic E-state index is 0.0394. The summed E-state index contributed by atoms with van der Waals surface area (Å²) in [6.07, 6.45) is 0. The van der Waals surface area contributed by atoms with Crippen LogP contribution in [0.5, 0.6) is 0 Å². The van der Waals surface area contributed by atoms with Gasteiger partial charge >= 0.3 is 7.48 Å². The van der Waals surface area contributed by atoms with Gasteiger partial charge in [-0.15, -0.1) is 0 Å². The first-order valence-corrected chi connectivity index (χ1v) is 8.64. The summed E-state index contributed by atoms with van der Waals surface area (Å²) >= 11 is 0. The Hall–Kier alpha value is -1.58. The molecule has 3 rings (SSSR count). The van der Waals surface area contributed by atoms with Gasteiger partial charge in [-0.1, -0.05) is 61.8 Å². The van der Waals surface area contributed by atoms with Crippen molar-refractivity contribution >= 4 is 12.9 Å². The molecule has 0 saturated carbocycles. The first-order chi connectivity index (χ1) is 11.0. The minimum Gasteiger partial charge on any atom is -0.427 e. The van der Waals surface area contributed by atoms with Crippen molar-refractivity contribution in [3.05, 3.63) is 53.6 Å². The van der Waals surface area contributed by atoms with Gasteiger partial charge in [-0.3, -0.25) is 0 Å². The predicted octanol–water partition coefficient (Wildman–Crippen LogP) is 3.54. The van der Waals surface area contributed by atoms with Gasteiger partial charge in [0.25, 0.3) is 0 Å². The lowest BCUT2D eigenvalue weighted by atomic mass is 9.79. The van der Waals surface area contributed by atoms with E-state index in [0.717, 1.165) is 5.46 Å². The molecular formula is C21H27BO2. The second kappa shape index (κ2) is 5.47. The lowest BCUT2D eigenvalue weighted by molar-refractivity contribution is -0.0893. The summed E-state index contributed by atoms with van der Waals surface area (Å²) < 4.78 is 6.03. The largest absolute Gasteiger partial charge is 0.427 e. The number of aliphatic hydroxyl groups is 1. The van der Waals surface area contributed by atoms with E-state index in [0.29, 0.717) is 7.48 Å². The third-order valence-corrected chi connectivity index (χ3v) is 5.72. The number of hydrogen-bond donors (Lipinski definition) is 1. The van der Waals surface area contributed by atoms with Gasteiger partial charge in [0, 0.05) is 5.41 Å². The summed E-state index contributed by atoms with van der Waals surface area (Å²) in [6, 6.07) is 15.3. The van der Waals surface area contributed by atoms with Crippen LogP contribution >= 0.6 is 0 Å². The molecule has 1 aliphatic rings. The van der Waals surface area contributed by atoms with Crippen LogP contribution in [0, 0.1) is 0 Å². The average molecular weight is 322 g/mol. The Bertz CT molecular complexity index is 770. The van der Waals surface area contributed by atoms with Crippen molar-refractivity contribution in [2.24, 2.45) is 0 Å². The highest BCUT2D eigenvalue weighted by atomic mass is 16.5. The van der Waals surface area contributed by atoms with Gasteiger partial charge in [0.15, 0.2) is 0 Å². The van der Waals surface area contributed by atoms with E-state index in [2.05, 4.69) is 56.3 Å². The molecule has 0 radical (unpaired) electrons. The fourth-order valence-electron chi connectivity index (χ4n) is 3.30. The van der Waals surface area contributed by atoms with Crippen LogP contribution in [0.4, 0.5) is 0 Å². The molecule has 0 atom stereocenters. The Labute approximate surface area is 146 Å². The van der Waals surface area contributed by atoms with Crippen LogP contribution < -0.4 is 5.46 Å². The average Bonchev–Trinajstić information content (AvgIpc) is 2.73. The van der Waals surface area contributed by atoms with Gasteiger partial charge in [0.1, 0.15) is 0 Å². The lowest BCUT2D eigenvalue weighted by Crippen LogP contribution is -2.49. The van der Waals surface area contributed by atoms with Crippen molar-refractivity contribution in [3.63, 3.8) is 0 Å². The van der Waals surface area contributed by atoms with E-state index in [4.69, 9.17) is 4.65 Å². The van der Waals surface area contributed by atoms with Crippen molar-refractivity contribution in [1.29, 1.82) is 0 Å². The van der Waals surface area contributed by atoms with Crippen molar-refractivity contribution in [3.8, 4) is 11.1 Å². The Kier molecular flexibility index (Phi) is 3.93. The number of hydrogen-bond acceptors (Lipinski definition) is 2. The molecule has 3 heteroatoms. The molecule has 0 unspecified atom stereocenters. The van der Waals surface area contributed by atoms with Gasteiger partial charge in [0.05, 0.1) is 11.2 Å². The molecule has 2 aromatic carbocycles. The summed E-state index contributed by atoms with van der Waals surface area (Å²) in [7, 11) is 0.493. The Morgan fingerprint density at radius 2 is 1.54 bits per heavy atom. The Morgan fingerprint density at radius 1 is 0.917 bits per heavy atom.